The predicted molar refractivity (Wildman–Crippen MR) is 108 cm³/mol. The van der Waals surface area contributed by atoms with E-state index >= 15 is 0 Å². The largest absolute Gasteiger partial charge is 0.439 e. The molecule has 29 heavy (non-hydrogen) atoms. The highest BCUT2D eigenvalue weighted by Crippen LogP contribution is 2.24. The molecule has 0 saturated carbocycles. The van der Waals surface area contributed by atoms with Crippen LogP contribution in [0.1, 0.15) is 10.4 Å². The average Bonchev–Trinajstić information content (AvgIpc) is 2.74. The number of hydrogen-bond donors (Lipinski definition) is 1. The Kier molecular flexibility index (Phi) is 6.25. The summed E-state index contributed by atoms with van der Waals surface area (Å²) in [5.74, 6) is 0.604. The van der Waals surface area contributed by atoms with E-state index in [1.807, 2.05) is 0 Å². The van der Waals surface area contributed by atoms with Crippen molar-refractivity contribution >= 4 is 16.0 Å². The minimum Gasteiger partial charge on any atom is -0.439 e. The lowest BCUT2D eigenvalue weighted by Gasteiger charge is -2.09. The number of carbonyl (C=O) groups excluding carboxylic acids is 1. The quantitative estimate of drug-likeness (QED) is 0.451. The number of amides is 1. The van der Waals surface area contributed by atoms with E-state index in [1.54, 1.807) is 36.5 Å². The van der Waals surface area contributed by atoms with Crippen LogP contribution >= 0.6 is 0 Å². The van der Waals surface area contributed by atoms with Gasteiger partial charge < -0.3 is 14.2 Å². The van der Waals surface area contributed by atoms with E-state index in [4.69, 9.17) is 8.92 Å². The van der Waals surface area contributed by atoms with Crippen LogP contribution in [0.15, 0.2) is 90.5 Å². The first-order chi connectivity index (χ1) is 14.0. The fourth-order valence-electron chi connectivity index (χ4n) is 2.33. The predicted octanol–water partition coefficient (Wildman–Crippen LogP) is 3.56. The number of rotatable bonds is 8. The Bertz CT molecular complexity index is 1100. The highest BCUT2D eigenvalue weighted by molar-refractivity contribution is 7.87. The Hall–Kier alpha value is -3.65. The van der Waals surface area contributed by atoms with E-state index in [9.17, 15) is 13.2 Å². The second-order valence-electron chi connectivity index (χ2n) is 5.81. The summed E-state index contributed by atoms with van der Waals surface area (Å²) >= 11 is 0. The van der Waals surface area contributed by atoms with Crippen molar-refractivity contribution < 1.29 is 22.1 Å². The van der Waals surface area contributed by atoms with Gasteiger partial charge in [0.1, 0.15) is 16.4 Å². The number of nitrogens with one attached hydrogen (secondary N) is 1. The van der Waals surface area contributed by atoms with Crippen molar-refractivity contribution in [2.45, 2.75) is 4.90 Å². The molecule has 1 heterocycles. The Labute approximate surface area is 168 Å². The normalized spacial score (nSPS) is 10.8. The van der Waals surface area contributed by atoms with Crippen molar-refractivity contribution in [2.24, 2.45) is 0 Å². The van der Waals surface area contributed by atoms with Gasteiger partial charge in [0.05, 0.1) is 0 Å². The molecule has 0 fully saturated rings. The molecule has 1 aromatic heterocycles. The van der Waals surface area contributed by atoms with Crippen LogP contribution in [0.2, 0.25) is 0 Å². The molecule has 0 radical (unpaired) electrons. The number of pyridine rings is 1. The maximum absolute atomic E-state index is 12.6. The first-order valence-corrected chi connectivity index (χ1v) is 10.0. The summed E-state index contributed by atoms with van der Waals surface area (Å²) < 4.78 is 35.8. The van der Waals surface area contributed by atoms with E-state index < -0.39 is 16.0 Å². The maximum atomic E-state index is 12.6. The van der Waals surface area contributed by atoms with Crippen LogP contribution in [-0.4, -0.2) is 25.9 Å². The van der Waals surface area contributed by atoms with Crippen molar-refractivity contribution in [3.05, 3.63) is 91.1 Å². The van der Waals surface area contributed by atoms with Crippen LogP contribution in [-0.2, 0) is 10.1 Å². The highest BCUT2D eigenvalue weighted by Gasteiger charge is 2.18. The molecule has 0 aliphatic heterocycles. The van der Waals surface area contributed by atoms with Gasteiger partial charge in [-0.1, -0.05) is 18.2 Å². The molecule has 1 amide bonds. The van der Waals surface area contributed by atoms with Crippen LogP contribution in [0.5, 0.6) is 17.4 Å². The van der Waals surface area contributed by atoms with Gasteiger partial charge in [-0.05, 0) is 48.5 Å². The van der Waals surface area contributed by atoms with Gasteiger partial charge in [-0.25, -0.2) is 4.98 Å². The van der Waals surface area contributed by atoms with Gasteiger partial charge in [-0.15, -0.1) is 6.58 Å². The number of ether oxygens (including phenoxy) is 1. The standard InChI is InChI=1S/C21H18N2O5S/c1-2-13-23-21(24)16-6-5-7-19(15-16)29(25,26)28-18-11-9-17(10-12-18)27-20-8-3-4-14-22-20/h2-12,14-15H,1,13H2,(H,23,24). The molecule has 0 saturated heterocycles. The summed E-state index contributed by atoms with van der Waals surface area (Å²) in [6.07, 6.45) is 3.13. The first kappa shape index (κ1) is 20.1. The van der Waals surface area contributed by atoms with E-state index in [0.29, 0.717) is 11.6 Å². The van der Waals surface area contributed by atoms with Gasteiger partial charge in [0.25, 0.3) is 5.91 Å². The fraction of sp³-hybridized carbons (Fsp3) is 0.0476. The molecule has 3 aromatic rings. The van der Waals surface area contributed by atoms with E-state index in [-0.39, 0.29) is 22.8 Å². The van der Waals surface area contributed by atoms with Crippen LogP contribution in [0.25, 0.3) is 0 Å². The molecule has 0 aliphatic carbocycles. The van der Waals surface area contributed by atoms with Gasteiger partial charge in [0, 0.05) is 24.4 Å². The maximum Gasteiger partial charge on any atom is 0.339 e. The second kappa shape index (κ2) is 9.03. The zero-order valence-electron chi connectivity index (χ0n) is 15.3. The Balaban J connectivity index is 1.72. The third-order valence-electron chi connectivity index (χ3n) is 3.68. The third kappa shape index (κ3) is 5.43. The minimum atomic E-state index is -4.11. The molecule has 0 atom stereocenters. The summed E-state index contributed by atoms with van der Waals surface area (Å²) in [5, 5.41) is 2.59. The molecule has 1 N–H and O–H groups in total. The molecule has 0 bridgehead atoms. The Morgan fingerprint density at radius 2 is 1.79 bits per heavy atom. The van der Waals surface area contributed by atoms with Crippen molar-refractivity contribution in [1.29, 1.82) is 0 Å². The SMILES string of the molecule is C=CCNC(=O)c1cccc(S(=O)(=O)Oc2ccc(Oc3ccccn3)cc2)c1. The van der Waals surface area contributed by atoms with E-state index in [0.717, 1.165) is 0 Å². The molecule has 0 aliphatic rings. The van der Waals surface area contributed by atoms with Gasteiger partial charge in [-0.3, -0.25) is 4.79 Å². The Morgan fingerprint density at radius 1 is 1.03 bits per heavy atom. The summed E-state index contributed by atoms with van der Waals surface area (Å²) in [7, 11) is -4.11. The highest BCUT2D eigenvalue weighted by atomic mass is 32.2. The lowest BCUT2D eigenvalue weighted by molar-refractivity contribution is 0.0958. The number of benzene rings is 2. The lowest BCUT2D eigenvalue weighted by Crippen LogP contribution is -2.23. The van der Waals surface area contributed by atoms with Gasteiger partial charge in [-0.2, -0.15) is 8.42 Å². The molecule has 0 spiro atoms. The molecule has 3 rings (SSSR count). The fourth-order valence-corrected chi connectivity index (χ4v) is 3.30. The van der Waals surface area contributed by atoms with Crippen LogP contribution in [0, 0.1) is 0 Å². The number of nitrogens with zero attached hydrogens (tertiary/aromatic N) is 1. The van der Waals surface area contributed by atoms with Crippen molar-refractivity contribution in [2.75, 3.05) is 6.54 Å². The third-order valence-corrected chi connectivity index (χ3v) is 4.92. The van der Waals surface area contributed by atoms with Crippen LogP contribution in [0.4, 0.5) is 0 Å². The van der Waals surface area contributed by atoms with Crippen molar-refractivity contribution in [3.63, 3.8) is 0 Å². The Morgan fingerprint density at radius 3 is 2.48 bits per heavy atom. The number of hydrogen-bond acceptors (Lipinski definition) is 6. The van der Waals surface area contributed by atoms with E-state index in [2.05, 4.69) is 16.9 Å². The molecular weight excluding hydrogens is 392 g/mol. The zero-order valence-corrected chi connectivity index (χ0v) is 16.1. The number of aromatic nitrogens is 1. The molecule has 0 unspecified atom stereocenters. The molecule has 7 nitrogen and oxygen atoms in total. The van der Waals surface area contributed by atoms with E-state index in [1.165, 1.54) is 42.5 Å². The van der Waals surface area contributed by atoms with Crippen LogP contribution < -0.4 is 14.2 Å². The zero-order chi connectivity index (χ0) is 20.7. The summed E-state index contributed by atoms with van der Waals surface area (Å²) in [4.78, 5) is 15.9. The average molecular weight is 410 g/mol. The van der Waals surface area contributed by atoms with Crippen molar-refractivity contribution in [3.8, 4) is 17.4 Å². The van der Waals surface area contributed by atoms with Gasteiger partial charge in [0.2, 0.25) is 5.88 Å². The van der Waals surface area contributed by atoms with Crippen molar-refractivity contribution in [1.82, 2.24) is 10.3 Å². The summed E-state index contributed by atoms with van der Waals surface area (Å²) in [6.45, 7) is 3.79. The van der Waals surface area contributed by atoms with Crippen LogP contribution in [0.3, 0.4) is 0 Å². The first-order valence-electron chi connectivity index (χ1n) is 8.60. The monoisotopic (exact) mass is 410 g/mol. The molecule has 148 valence electrons. The second-order valence-corrected chi connectivity index (χ2v) is 7.35. The summed E-state index contributed by atoms with van der Waals surface area (Å²) in [6, 6.07) is 16.9. The molecule has 2 aromatic carbocycles. The molecule has 8 heteroatoms. The smallest absolute Gasteiger partial charge is 0.339 e. The number of carbonyl (C=O) groups is 1. The molecular formula is C21H18N2O5S. The van der Waals surface area contributed by atoms with Gasteiger partial charge in [0.15, 0.2) is 0 Å². The topological polar surface area (TPSA) is 94.6 Å². The minimum absolute atomic E-state index is 0.111. The summed E-state index contributed by atoms with van der Waals surface area (Å²) in [5.41, 5.74) is 0.204. The lowest BCUT2D eigenvalue weighted by atomic mass is 10.2. The van der Waals surface area contributed by atoms with Gasteiger partial charge >= 0.3 is 10.1 Å².